The third-order valence-corrected chi connectivity index (χ3v) is 2.89. The maximum absolute atomic E-state index is 11.0. The maximum Gasteiger partial charge on any atom is 0.317 e. The van der Waals surface area contributed by atoms with Gasteiger partial charge in [0.05, 0.1) is 6.54 Å². The van der Waals surface area contributed by atoms with Crippen LogP contribution in [0.1, 0.15) is 41.5 Å². The average molecular weight is 323 g/mol. The van der Waals surface area contributed by atoms with Gasteiger partial charge in [0.25, 0.3) is 0 Å². The zero-order chi connectivity index (χ0) is 16.2. The molecule has 0 bridgehead atoms. The fourth-order valence-corrected chi connectivity index (χ4v) is 2.26. The number of thiol groups is 2. The van der Waals surface area contributed by atoms with Crippen molar-refractivity contribution in [2.24, 2.45) is 0 Å². The van der Waals surface area contributed by atoms with E-state index in [0.29, 0.717) is 13.1 Å². The first kappa shape index (κ1) is 20.1. The van der Waals surface area contributed by atoms with E-state index >= 15 is 0 Å². The van der Waals surface area contributed by atoms with Gasteiger partial charge in [0.15, 0.2) is 0 Å². The summed E-state index contributed by atoms with van der Waals surface area (Å²) in [5.74, 6) is -0.812. The van der Waals surface area contributed by atoms with E-state index in [1.807, 2.05) is 32.6 Å². The third kappa shape index (κ3) is 11.9. The Morgan fingerprint density at radius 1 is 1.05 bits per heavy atom. The highest BCUT2D eigenvalue weighted by Crippen LogP contribution is 2.17. The van der Waals surface area contributed by atoms with Crippen molar-refractivity contribution >= 4 is 31.2 Å². The Labute approximate surface area is 134 Å². The Kier molecular flexibility index (Phi) is 7.42. The Hall–Kier alpha value is 0.0900. The van der Waals surface area contributed by atoms with Gasteiger partial charge in [0, 0.05) is 34.7 Å². The second-order valence-electron chi connectivity index (χ2n) is 7.40. The van der Waals surface area contributed by atoms with Gasteiger partial charge in [0.1, 0.15) is 0 Å². The predicted octanol–water partition coefficient (Wildman–Crippen LogP) is 2.16. The molecule has 20 heavy (non-hydrogen) atoms. The predicted molar refractivity (Wildman–Crippen MR) is 92.3 cm³/mol. The molecule has 0 spiro atoms. The van der Waals surface area contributed by atoms with E-state index in [4.69, 9.17) is 5.11 Å². The molecule has 6 heteroatoms. The molecule has 0 fully saturated rings. The van der Waals surface area contributed by atoms with Crippen molar-refractivity contribution in [3.63, 3.8) is 0 Å². The summed E-state index contributed by atoms with van der Waals surface area (Å²) in [5, 5.41) is 12.5. The lowest BCUT2D eigenvalue weighted by Gasteiger charge is -2.37. The molecule has 0 rings (SSSR count). The number of nitrogens with zero attached hydrogens (tertiary/aromatic N) is 1. The molecule has 0 aliphatic heterocycles. The molecule has 0 aromatic rings. The first-order chi connectivity index (χ1) is 8.70. The summed E-state index contributed by atoms with van der Waals surface area (Å²) < 4.78 is -0.327. The minimum Gasteiger partial charge on any atom is -0.480 e. The van der Waals surface area contributed by atoms with E-state index in [0.717, 1.165) is 6.54 Å². The number of carboxylic acid groups (broad SMARTS) is 1. The number of carboxylic acids is 1. The minimum absolute atomic E-state index is 0.0272. The molecule has 0 aliphatic rings. The molecule has 0 aromatic heterocycles. The van der Waals surface area contributed by atoms with Crippen LogP contribution in [0.2, 0.25) is 0 Å². The normalized spacial score (nSPS) is 13.8. The summed E-state index contributed by atoms with van der Waals surface area (Å²) >= 11 is 9.00. The quantitative estimate of drug-likeness (QED) is 0.492. The first-order valence-corrected chi connectivity index (χ1v) is 7.74. The van der Waals surface area contributed by atoms with Crippen molar-refractivity contribution in [2.75, 3.05) is 26.2 Å². The van der Waals surface area contributed by atoms with Gasteiger partial charge in [0.2, 0.25) is 0 Å². The van der Waals surface area contributed by atoms with Crippen molar-refractivity contribution < 1.29 is 9.90 Å². The Morgan fingerprint density at radius 2 is 1.55 bits per heavy atom. The zero-order valence-electron chi connectivity index (χ0n) is 13.5. The van der Waals surface area contributed by atoms with Crippen molar-refractivity contribution in [2.45, 2.75) is 56.6 Å². The molecule has 2 N–H and O–H groups in total. The largest absolute Gasteiger partial charge is 0.480 e. The van der Waals surface area contributed by atoms with Crippen LogP contribution in [0.15, 0.2) is 0 Å². The van der Waals surface area contributed by atoms with E-state index < -0.39 is 5.97 Å². The van der Waals surface area contributed by atoms with E-state index in [-0.39, 0.29) is 21.6 Å². The van der Waals surface area contributed by atoms with E-state index in [2.05, 4.69) is 44.4 Å². The van der Waals surface area contributed by atoms with Crippen molar-refractivity contribution in [3.8, 4) is 0 Å². The Bertz CT molecular complexity index is 320. The summed E-state index contributed by atoms with van der Waals surface area (Å²) in [4.78, 5) is 12.9. The first-order valence-electron chi connectivity index (χ1n) is 6.84. The number of rotatable bonds is 9. The number of nitrogens with one attached hydrogen (secondary N) is 1. The summed E-state index contributed by atoms with van der Waals surface area (Å²) in [7, 11) is 0. The van der Waals surface area contributed by atoms with Crippen molar-refractivity contribution in [1.82, 2.24) is 10.2 Å². The smallest absolute Gasteiger partial charge is 0.317 e. The second kappa shape index (κ2) is 7.38. The summed E-state index contributed by atoms with van der Waals surface area (Å²) in [5.41, 5.74) is -0.186. The highest BCUT2D eigenvalue weighted by Gasteiger charge is 2.27. The molecule has 0 radical (unpaired) electrons. The van der Waals surface area contributed by atoms with Crippen LogP contribution < -0.4 is 5.32 Å². The summed E-state index contributed by atoms with van der Waals surface area (Å²) in [6.45, 7) is 14.3. The second-order valence-corrected chi connectivity index (χ2v) is 9.82. The molecule has 4 nitrogen and oxygen atoms in total. The molecule has 120 valence electrons. The molecule has 0 aromatic carbocycles. The number of hydrogen-bond acceptors (Lipinski definition) is 5. The number of aliphatic carboxylic acids is 1. The zero-order valence-corrected chi connectivity index (χ0v) is 15.3. The molecule has 0 atom stereocenters. The third-order valence-electron chi connectivity index (χ3n) is 2.59. The highest BCUT2D eigenvalue weighted by molar-refractivity contribution is 7.82. The van der Waals surface area contributed by atoms with Crippen LogP contribution >= 0.6 is 25.3 Å². The Balaban J connectivity index is 4.64. The van der Waals surface area contributed by atoms with Crippen LogP contribution in [-0.4, -0.2) is 57.2 Å². The van der Waals surface area contributed by atoms with Gasteiger partial charge in [-0.2, -0.15) is 25.3 Å². The van der Waals surface area contributed by atoms with E-state index in [9.17, 15) is 4.79 Å². The lowest BCUT2D eigenvalue weighted by molar-refractivity contribution is -0.138. The van der Waals surface area contributed by atoms with Crippen LogP contribution in [0.5, 0.6) is 0 Å². The van der Waals surface area contributed by atoms with Gasteiger partial charge in [-0.05, 0) is 41.5 Å². The summed E-state index contributed by atoms with van der Waals surface area (Å²) in [6.07, 6.45) is 0. The molecule has 0 saturated carbocycles. The molecule has 0 heterocycles. The van der Waals surface area contributed by atoms with Crippen LogP contribution in [-0.2, 0) is 4.79 Å². The Morgan fingerprint density at radius 3 is 1.90 bits per heavy atom. The lowest BCUT2D eigenvalue weighted by atomic mass is 10.0. The van der Waals surface area contributed by atoms with Gasteiger partial charge in [-0.3, -0.25) is 9.69 Å². The van der Waals surface area contributed by atoms with Gasteiger partial charge in [-0.25, -0.2) is 0 Å². The minimum atomic E-state index is -0.812. The fraction of sp³-hybridized carbons (Fsp3) is 0.929. The number of hydrogen-bond donors (Lipinski definition) is 4. The molecule has 0 saturated heterocycles. The maximum atomic E-state index is 11.0. The van der Waals surface area contributed by atoms with Gasteiger partial charge < -0.3 is 10.4 Å². The molecular formula is C14H30N2O2S2. The lowest BCUT2D eigenvalue weighted by Crippen LogP contribution is -2.54. The molecule has 0 unspecified atom stereocenters. The van der Waals surface area contributed by atoms with Gasteiger partial charge in [-0.1, -0.05) is 0 Å². The highest BCUT2D eigenvalue weighted by atomic mass is 32.1. The van der Waals surface area contributed by atoms with Crippen molar-refractivity contribution in [1.29, 1.82) is 0 Å². The van der Waals surface area contributed by atoms with E-state index in [1.165, 1.54) is 0 Å². The van der Waals surface area contributed by atoms with Gasteiger partial charge in [-0.15, -0.1) is 0 Å². The molecule has 0 aliphatic carbocycles. The van der Waals surface area contributed by atoms with Crippen LogP contribution in [0.25, 0.3) is 0 Å². The van der Waals surface area contributed by atoms with Crippen LogP contribution in [0, 0.1) is 0 Å². The average Bonchev–Trinajstić information content (AvgIpc) is 2.08. The standard InChI is InChI=1S/C14H30N2O2S2/c1-12(2,15-8-13(3,4)19)9-16(7-11(17)18)10-14(5,6)20/h15,19-20H,7-10H2,1-6H3,(H,17,18). The number of carbonyl (C=O) groups is 1. The topological polar surface area (TPSA) is 52.6 Å². The fourth-order valence-electron chi connectivity index (χ4n) is 1.98. The van der Waals surface area contributed by atoms with Crippen molar-refractivity contribution in [3.05, 3.63) is 0 Å². The van der Waals surface area contributed by atoms with Gasteiger partial charge >= 0.3 is 5.97 Å². The van der Waals surface area contributed by atoms with Crippen LogP contribution in [0.3, 0.4) is 0 Å². The molecular weight excluding hydrogens is 292 g/mol. The van der Waals surface area contributed by atoms with E-state index in [1.54, 1.807) is 0 Å². The summed E-state index contributed by atoms with van der Waals surface area (Å²) in [6, 6.07) is 0. The SMILES string of the molecule is CC(C)(S)CNC(C)(C)CN(CC(=O)O)CC(C)(C)S. The molecule has 0 amide bonds. The monoisotopic (exact) mass is 322 g/mol. The van der Waals surface area contributed by atoms with Crippen LogP contribution in [0.4, 0.5) is 0 Å².